The Bertz CT molecular complexity index is 240. The van der Waals surface area contributed by atoms with Crippen LogP contribution >= 0.6 is 11.5 Å². The number of nitrogens with zero attached hydrogens (tertiary/aromatic N) is 2. The highest BCUT2D eigenvalue weighted by Crippen LogP contribution is 2.21. The molecule has 0 radical (unpaired) electrons. The van der Waals surface area contributed by atoms with E-state index in [0.717, 1.165) is 18.0 Å². The molecule has 0 fully saturated rings. The van der Waals surface area contributed by atoms with Gasteiger partial charge in [0.1, 0.15) is 6.33 Å². The van der Waals surface area contributed by atoms with Crippen molar-refractivity contribution in [3.05, 3.63) is 6.33 Å². The van der Waals surface area contributed by atoms with Crippen molar-refractivity contribution >= 4 is 16.7 Å². The SMILES string of the molecule is CCC(C)(CCO)Nc1ncns1. The summed E-state index contributed by atoms with van der Waals surface area (Å²) in [6, 6.07) is 0. The van der Waals surface area contributed by atoms with Crippen molar-refractivity contribution in [2.45, 2.75) is 32.2 Å². The van der Waals surface area contributed by atoms with Gasteiger partial charge in [0, 0.05) is 23.7 Å². The quantitative estimate of drug-likeness (QED) is 0.758. The van der Waals surface area contributed by atoms with E-state index in [4.69, 9.17) is 5.11 Å². The molecule has 1 heterocycles. The predicted molar refractivity (Wildman–Crippen MR) is 53.9 cm³/mol. The van der Waals surface area contributed by atoms with Crippen molar-refractivity contribution < 1.29 is 5.11 Å². The van der Waals surface area contributed by atoms with Crippen molar-refractivity contribution in [2.75, 3.05) is 11.9 Å². The smallest absolute Gasteiger partial charge is 0.202 e. The minimum atomic E-state index is -0.0751. The third kappa shape index (κ3) is 2.93. The van der Waals surface area contributed by atoms with E-state index in [1.54, 1.807) is 0 Å². The fourth-order valence-electron chi connectivity index (χ4n) is 1.06. The standard InChI is InChI=1S/C8H15N3OS/c1-3-8(2,4-5-12)11-7-9-6-10-13-7/h6,12H,3-5H2,1-2H3,(H,9,10,11). The number of aliphatic hydroxyl groups is 1. The molecule has 0 saturated heterocycles. The van der Waals surface area contributed by atoms with E-state index in [9.17, 15) is 0 Å². The maximum Gasteiger partial charge on any atom is 0.202 e. The number of rotatable bonds is 5. The first-order valence-corrected chi connectivity index (χ1v) is 5.13. The van der Waals surface area contributed by atoms with Crippen LogP contribution in [0.2, 0.25) is 0 Å². The Kier molecular flexibility index (Phi) is 3.62. The number of anilines is 1. The predicted octanol–water partition coefficient (Wildman–Crippen LogP) is 1.50. The van der Waals surface area contributed by atoms with Gasteiger partial charge in [-0.1, -0.05) is 6.92 Å². The maximum atomic E-state index is 8.89. The van der Waals surface area contributed by atoms with Crippen LogP contribution in [0.25, 0.3) is 0 Å². The van der Waals surface area contributed by atoms with E-state index in [1.807, 2.05) is 0 Å². The molecule has 0 aliphatic heterocycles. The second-order valence-electron chi connectivity index (χ2n) is 3.26. The van der Waals surface area contributed by atoms with Crippen LogP contribution in [0.4, 0.5) is 5.13 Å². The van der Waals surface area contributed by atoms with Gasteiger partial charge in [0.25, 0.3) is 0 Å². The van der Waals surface area contributed by atoms with Crippen molar-refractivity contribution in [3.63, 3.8) is 0 Å². The van der Waals surface area contributed by atoms with Gasteiger partial charge in [-0.15, -0.1) is 0 Å². The van der Waals surface area contributed by atoms with Crippen LogP contribution in [-0.4, -0.2) is 26.6 Å². The van der Waals surface area contributed by atoms with E-state index in [2.05, 4.69) is 28.5 Å². The second kappa shape index (κ2) is 4.53. The van der Waals surface area contributed by atoms with Gasteiger partial charge in [-0.05, 0) is 19.8 Å². The zero-order chi connectivity index (χ0) is 9.73. The van der Waals surface area contributed by atoms with Gasteiger partial charge in [0.15, 0.2) is 0 Å². The molecule has 1 atom stereocenters. The van der Waals surface area contributed by atoms with Crippen molar-refractivity contribution in [3.8, 4) is 0 Å². The van der Waals surface area contributed by atoms with Crippen molar-refractivity contribution in [1.29, 1.82) is 0 Å². The number of hydrogen-bond acceptors (Lipinski definition) is 5. The monoisotopic (exact) mass is 201 g/mol. The van der Waals surface area contributed by atoms with Crippen molar-refractivity contribution in [2.24, 2.45) is 0 Å². The van der Waals surface area contributed by atoms with Gasteiger partial charge < -0.3 is 10.4 Å². The molecule has 0 bridgehead atoms. The number of aromatic nitrogens is 2. The summed E-state index contributed by atoms with van der Waals surface area (Å²) < 4.78 is 3.91. The Morgan fingerprint density at radius 3 is 2.92 bits per heavy atom. The van der Waals surface area contributed by atoms with Gasteiger partial charge in [0.05, 0.1) is 0 Å². The Labute approximate surface area is 82.2 Å². The normalized spacial score (nSPS) is 15.3. The summed E-state index contributed by atoms with van der Waals surface area (Å²) in [7, 11) is 0. The molecule has 1 rings (SSSR count). The summed E-state index contributed by atoms with van der Waals surface area (Å²) in [5.41, 5.74) is -0.0751. The molecule has 0 aliphatic rings. The van der Waals surface area contributed by atoms with Crippen LogP contribution in [-0.2, 0) is 0 Å². The molecule has 0 aromatic carbocycles. The summed E-state index contributed by atoms with van der Waals surface area (Å²) in [5, 5.41) is 13.0. The first-order valence-electron chi connectivity index (χ1n) is 4.36. The fourth-order valence-corrected chi connectivity index (χ4v) is 1.64. The Morgan fingerprint density at radius 2 is 2.46 bits per heavy atom. The molecule has 1 aromatic rings. The van der Waals surface area contributed by atoms with Crippen LogP contribution in [0.3, 0.4) is 0 Å². The maximum absolute atomic E-state index is 8.89. The molecule has 0 spiro atoms. The molecule has 1 aromatic heterocycles. The summed E-state index contributed by atoms with van der Waals surface area (Å²) in [6.45, 7) is 4.35. The van der Waals surface area contributed by atoms with Gasteiger partial charge in [0.2, 0.25) is 5.13 Å². The number of nitrogens with one attached hydrogen (secondary N) is 1. The summed E-state index contributed by atoms with van der Waals surface area (Å²) in [6.07, 6.45) is 3.21. The molecular formula is C8H15N3OS. The largest absolute Gasteiger partial charge is 0.396 e. The highest BCUT2D eigenvalue weighted by atomic mass is 32.1. The van der Waals surface area contributed by atoms with Crippen molar-refractivity contribution in [1.82, 2.24) is 9.36 Å². The first-order chi connectivity index (χ1) is 6.20. The lowest BCUT2D eigenvalue weighted by Gasteiger charge is -2.28. The molecule has 13 heavy (non-hydrogen) atoms. The molecular weight excluding hydrogens is 186 g/mol. The van der Waals surface area contributed by atoms with Gasteiger partial charge in [-0.25, -0.2) is 4.98 Å². The van der Waals surface area contributed by atoms with E-state index < -0.39 is 0 Å². The Hall–Kier alpha value is -0.680. The second-order valence-corrected chi connectivity index (χ2v) is 4.04. The minimum absolute atomic E-state index is 0.0751. The number of hydrogen-bond donors (Lipinski definition) is 2. The van der Waals surface area contributed by atoms with Gasteiger partial charge in [-0.2, -0.15) is 4.37 Å². The van der Waals surface area contributed by atoms with Gasteiger partial charge >= 0.3 is 0 Å². The molecule has 0 aliphatic carbocycles. The summed E-state index contributed by atoms with van der Waals surface area (Å²) in [5.74, 6) is 0. The average molecular weight is 201 g/mol. The average Bonchev–Trinajstić information content (AvgIpc) is 2.57. The molecule has 0 amide bonds. The summed E-state index contributed by atoms with van der Waals surface area (Å²) >= 11 is 1.34. The fraction of sp³-hybridized carbons (Fsp3) is 0.750. The Balaban J connectivity index is 2.58. The van der Waals surface area contributed by atoms with Crippen LogP contribution in [0.15, 0.2) is 6.33 Å². The third-order valence-electron chi connectivity index (χ3n) is 2.21. The van der Waals surface area contributed by atoms with E-state index in [1.165, 1.54) is 17.9 Å². The number of aliphatic hydroxyl groups excluding tert-OH is 1. The van der Waals surface area contributed by atoms with E-state index in [-0.39, 0.29) is 12.1 Å². The molecule has 74 valence electrons. The van der Waals surface area contributed by atoms with Crippen LogP contribution < -0.4 is 5.32 Å². The van der Waals surface area contributed by atoms with Gasteiger partial charge in [-0.3, -0.25) is 0 Å². The molecule has 4 nitrogen and oxygen atoms in total. The Morgan fingerprint density at radius 1 is 1.69 bits per heavy atom. The lowest BCUT2D eigenvalue weighted by molar-refractivity contribution is 0.252. The zero-order valence-electron chi connectivity index (χ0n) is 7.95. The minimum Gasteiger partial charge on any atom is -0.396 e. The molecule has 2 N–H and O–H groups in total. The molecule has 5 heteroatoms. The van der Waals surface area contributed by atoms with Crippen LogP contribution in [0.5, 0.6) is 0 Å². The van der Waals surface area contributed by atoms with Crippen LogP contribution in [0.1, 0.15) is 26.7 Å². The lowest BCUT2D eigenvalue weighted by Crippen LogP contribution is -2.34. The van der Waals surface area contributed by atoms with E-state index in [0.29, 0.717) is 0 Å². The third-order valence-corrected chi connectivity index (χ3v) is 2.79. The highest BCUT2D eigenvalue weighted by Gasteiger charge is 2.21. The first kappa shape index (κ1) is 10.4. The van der Waals surface area contributed by atoms with E-state index >= 15 is 0 Å². The topological polar surface area (TPSA) is 58.0 Å². The highest BCUT2D eigenvalue weighted by molar-refractivity contribution is 7.09. The molecule has 1 unspecified atom stereocenters. The van der Waals surface area contributed by atoms with Crippen LogP contribution in [0, 0.1) is 0 Å². The lowest BCUT2D eigenvalue weighted by atomic mass is 9.95. The summed E-state index contributed by atoms with van der Waals surface area (Å²) in [4.78, 5) is 4.05. The molecule has 0 saturated carbocycles. The zero-order valence-corrected chi connectivity index (χ0v) is 8.77.